The van der Waals surface area contributed by atoms with Gasteiger partial charge in [0.15, 0.2) is 6.10 Å². The van der Waals surface area contributed by atoms with Crippen molar-refractivity contribution in [3.05, 3.63) is 29.8 Å². The number of rotatable bonds is 8. The summed E-state index contributed by atoms with van der Waals surface area (Å²) in [6.07, 6.45) is -1.31. The second kappa shape index (κ2) is 10.0. The van der Waals surface area contributed by atoms with Crippen LogP contribution in [0.4, 0.5) is 13.6 Å². The van der Waals surface area contributed by atoms with Crippen molar-refractivity contribution in [3.8, 4) is 5.75 Å². The maximum absolute atomic E-state index is 12.4. The standard InChI is InChI=1S/C16H19F2N3O6/c1-8(2)12(14(24)21-16(19)25)27-11(22)7-20-13(23)9-5-3-4-6-10(9)26-15(17)18/h3-6,8,12,15H,7H2,1-2H3,(H,20,23)(H3,19,21,24,25)/t12-/m1/s1. The summed E-state index contributed by atoms with van der Waals surface area (Å²) in [5.41, 5.74) is 4.63. The number of ether oxygens (including phenoxy) is 2. The van der Waals surface area contributed by atoms with Crippen molar-refractivity contribution in [1.29, 1.82) is 0 Å². The molecule has 0 saturated heterocycles. The van der Waals surface area contributed by atoms with E-state index in [4.69, 9.17) is 10.5 Å². The van der Waals surface area contributed by atoms with E-state index < -0.39 is 49.0 Å². The van der Waals surface area contributed by atoms with Crippen LogP contribution in [0.3, 0.4) is 0 Å². The van der Waals surface area contributed by atoms with Crippen LogP contribution in [0.25, 0.3) is 0 Å². The second-order valence-electron chi connectivity index (χ2n) is 5.57. The quantitative estimate of drug-likeness (QED) is 0.564. The van der Waals surface area contributed by atoms with Gasteiger partial charge < -0.3 is 20.5 Å². The lowest BCUT2D eigenvalue weighted by atomic mass is 10.1. The molecule has 1 aromatic carbocycles. The number of para-hydroxylation sites is 1. The normalized spacial score (nSPS) is 11.6. The summed E-state index contributed by atoms with van der Waals surface area (Å²) in [4.78, 5) is 46.4. The molecular weight excluding hydrogens is 368 g/mol. The number of carbonyl (C=O) groups excluding carboxylic acids is 4. The van der Waals surface area contributed by atoms with Crippen LogP contribution in [-0.2, 0) is 14.3 Å². The minimum absolute atomic E-state index is 0.211. The Morgan fingerprint density at radius 2 is 1.78 bits per heavy atom. The molecular formula is C16H19F2N3O6. The van der Waals surface area contributed by atoms with E-state index in [1.54, 1.807) is 19.2 Å². The Morgan fingerprint density at radius 1 is 1.15 bits per heavy atom. The summed E-state index contributed by atoms with van der Waals surface area (Å²) in [6, 6.07) is 4.12. The van der Waals surface area contributed by atoms with Crippen LogP contribution in [0.2, 0.25) is 0 Å². The molecule has 1 rings (SSSR count). The number of urea groups is 1. The van der Waals surface area contributed by atoms with Gasteiger partial charge in [-0.2, -0.15) is 8.78 Å². The number of primary amides is 1. The first kappa shape index (κ1) is 21.8. The molecule has 0 aromatic heterocycles. The summed E-state index contributed by atoms with van der Waals surface area (Å²) >= 11 is 0. The summed E-state index contributed by atoms with van der Waals surface area (Å²) in [6.45, 7) is -0.640. The molecule has 0 aliphatic heterocycles. The summed E-state index contributed by atoms with van der Waals surface area (Å²) in [5, 5.41) is 3.97. The molecule has 1 aromatic rings. The molecule has 4 amide bonds. The number of esters is 1. The van der Waals surface area contributed by atoms with Crippen molar-refractivity contribution in [3.63, 3.8) is 0 Å². The molecule has 9 nitrogen and oxygen atoms in total. The number of nitrogens with one attached hydrogen (secondary N) is 2. The predicted octanol–water partition coefficient (Wildman–Crippen LogP) is 0.781. The number of benzene rings is 1. The van der Waals surface area contributed by atoms with Crippen LogP contribution in [0, 0.1) is 5.92 Å². The number of alkyl halides is 2. The number of halogens is 2. The van der Waals surface area contributed by atoms with Crippen molar-refractivity contribution in [2.24, 2.45) is 11.7 Å². The highest BCUT2D eigenvalue weighted by Gasteiger charge is 2.27. The van der Waals surface area contributed by atoms with E-state index in [1.807, 2.05) is 0 Å². The topological polar surface area (TPSA) is 137 Å². The van der Waals surface area contributed by atoms with Gasteiger partial charge in [-0.1, -0.05) is 26.0 Å². The molecule has 0 radical (unpaired) electrons. The number of nitrogens with two attached hydrogens (primary N) is 1. The maximum Gasteiger partial charge on any atom is 0.387 e. The van der Waals surface area contributed by atoms with Gasteiger partial charge in [0.05, 0.1) is 5.56 Å². The van der Waals surface area contributed by atoms with E-state index in [0.717, 1.165) is 0 Å². The Hall–Kier alpha value is -3.24. The van der Waals surface area contributed by atoms with Gasteiger partial charge in [0.25, 0.3) is 11.8 Å². The molecule has 0 saturated carbocycles. The molecule has 0 heterocycles. The third-order valence-electron chi connectivity index (χ3n) is 3.11. The molecule has 1 atom stereocenters. The Balaban J connectivity index is 2.69. The Bertz CT molecular complexity index is 711. The van der Waals surface area contributed by atoms with E-state index in [1.165, 1.54) is 24.3 Å². The minimum atomic E-state index is -3.13. The lowest BCUT2D eigenvalue weighted by Crippen LogP contribution is -2.46. The average Bonchev–Trinajstić information content (AvgIpc) is 2.56. The van der Waals surface area contributed by atoms with Crippen LogP contribution in [0.1, 0.15) is 24.2 Å². The fourth-order valence-corrected chi connectivity index (χ4v) is 1.97. The van der Waals surface area contributed by atoms with Crippen molar-refractivity contribution in [2.45, 2.75) is 26.6 Å². The lowest BCUT2D eigenvalue weighted by Gasteiger charge is -2.20. The highest BCUT2D eigenvalue weighted by molar-refractivity contribution is 5.99. The molecule has 0 unspecified atom stereocenters. The Labute approximate surface area is 153 Å². The molecule has 0 spiro atoms. The van der Waals surface area contributed by atoms with Crippen LogP contribution in [0.5, 0.6) is 5.75 Å². The highest BCUT2D eigenvalue weighted by atomic mass is 19.3. The van der Waals surface area contributed by atoms with E-state index >= 15 is 0 Å². The van der Waals surface area contributed by atoms with Gasteiger partial charge in [0, 0.05) is 0 Å². The molecule has 0 bridgehead atoms. The molecule has 4 N–H and O–H groups in total. The number of carbonyl (C=O) groups is 4. The average molecular weight is 387 g/mol. The van der Waals surface area contributed by atoms with E-state index in [-0.39, 0.29) is 11.3 Å². The van der Waals surface area contributed by atoms with Crippen molar-refractivity contribution in [1.82, 2.24) is 10.6 Å². The molecule has 27 heavy (non-hydrogen) atoms. The number of hydrogen-bond donors (Lipinski definition) is 3. The summed E-state index contributed by atoms with van der Waals surface area (Å²) < 4.78 is 33.9. The smallest absolute Gasteiger partial charge is 0.387 e. The molecule has 0 aliphatic carbocycles. The minimum Gasteiger partial charge on any atom is -0.451 e. The second-order valence-corrected chi connectivity index (χ2v) is 5.57. The van der Waals surface area contributed by atoms with Crippen LogP contribution < -0.4 is 21.1 Å². The van der Waals surface area contributed by atoms with Gasteiger partial charge in [0.1, 0.15) is 12.3 Å². The van der Waals surface area contributed by atoms with E-state index in [0.29, 0.717) is 0 Å². The first-order chi connectivity index (χ1) is 12.6. The first-order valence-electron chi connectivity index (χ1n) is 7.73. The lowest BCUT2D eigenvalue weighted by molar-refractivity contribution is -0.157. The Kier molecular flexibility index (Phi) is 8.11. The van der Waals surface area contributed by atoms with Gasteiger partial charge >= 0.3 is 18.6 Å². The zero-order valence-corrected chi connectivity index (χ0v) is 14.5. The third-order valence-corrected chi connectivity index (χ3v) is 3.11. The zero-order chi connectivity index (χ0) is 20.6. The van der Waals surface area contributed by atoms with E-state index in [9.17, 15) is 28.0 Å². The summed E-state index contributed by atoms with van der Waals surface area (Å²) in [7, 11) is 0. The first-order valence-corrected chi connectivity index (χ1v) is 7.73. The van der Waals surface area contributed by atoms with Gasteiger partial charge in [-0.15, -0.1) is 0 Å². The number of imide groups is 1. The van der Waals surface area contributed by atoms with Crippen molar-refractivity contribution < 1.29 is 37.4 Å². The van der Waals surface area contributed by atoms with Gasteiger partial charge in [-0.05, 0) is 18.1 Å². The van der Waals surface area contributed by atoms with Gasteiger partial charge in [-0.3, -0.25) is 19.7 Å². The monoisotopic (exact) mass is 387 g/mol. The molecule has 11 heteroatoms. The molecule has 0 fully saturated rings. The fourth-order valence-electron chi connectivity index (χ4n) is 1.97. The number of hydrogen-bond acceptors (Lipinski definition) is 6. The zero-order valence-electron chi connectivity index (χ0n) is 14.5. The van der Waals surface area contributed by atoms with Gasteiger partial charge in [0.2, 0.25) is 0 Å². The molecule has 148 valence electrons. The van der Waals surface area contributed by atoms with E-state index in [2.05, 4.69) is 10.1 Å². The largest absolute Gasteiger partial charge is 0.451 e. The fraction of sp³-hybridized carbons (Fsp3) is 0.375. The summed E-state index contributed by atoms with van der Waals surface area (Å²) in [5.74, 6) is -3.59. The maximum atomic E-state index is 12.4. The van der Waals surface area contributed by atoms with Crippen LogP contribution in [-0.4, -0.2) is 43.1 Å². The van der Waals surface area contributed by atoms with Crippen LogP contribution >= 0.6 is 0 Å². The molecule has 0 aliphatic rings. The van der Waals surface area contributed by atoms with Crippen molar-refractivity contribution >= 4 is 23.8 Å². The highest BCUT2D eigenvalue weighted by Crippen LogP contribution is 2.20. The number of amides is 4. The van der Waals surface area contributed by atoms with Crippen molar-refractivity contribution in [2.75, 3.05) is 6.54 Å². The predicted molar refractivity (Wildman–Crippen MR) is 87.9 cm³/mol. The Morgan fingerprint density at radius 3 is 2.33 bits per heavy atom. The SMILES string of the molecule is CC(C)[C@@H](OC(=O)CNC(=O)c1ccccc1OC(F)F)C(=O)NC(N)=O. The van der Waals surface area contributed by atoms with Crippen LogP contribution in [0.15, 0.2) is 24.3 Å². The third kappa shape index (κ3) is 7.26. The van der Waals surface area contributed by atoms with Gasteiger partial charge in [-0.25, -0.2) is 4.79 Å².